The quantitative estimate of drug-likeness (QED) is 0.813. The minimum Gasteiger partial charge on any atom is -0.346 e. The van der Waals surface area contributed by atoms with Gasteiger partial charge in [0.1, 0.15) is 5.88 Å². The van der Waals surface area contributed by atoms with E-state index in [-0.39, 0.29) is 17.3 Å². The molecule has 1 aliphatic carbocycles. The molecule has 0 spiro atoms. The number of nitriles is 1. The largest absolute Gasteiger partial charge is 0.346 e. The second-order valence-electron chi connectivity index (χ2n) is 3.96. The third kappa shape index (κ3) is 2.02. The number of carbonyl (C=O) groups is 1. The van der Waals surface area contributed by atoms with Crippen LogP contribution < -0.4 is 5.32 Å². The molecule has 0 saturated heterocycles. The maximum absolute atomic E-state index is 11.3. The molecule has 16 heavy (non-hydrogen) atoms. The molecule has 2 rings (SSSR count). The van der Waals surface area contributed by atoms with Gasteiger partial charge in [0.05, 0.1) is 17.2 Å². The minimum atomic E-state index is -0.279. The van der Waals surface area contributed by atoms with E-state index in [0.29, 0.717) is 5.56 Å². The number of nitrogens with one attached hydrogen (secondary N) is 1. The number of alkyl halides is 1. The predicted octanol–water partition coefficient (Wildman–Crippen LogP) is 1.90. The van der Waals surface area contributed by atoms with Crippen molar-refractivity contribution in [3.8, 4) is 6.07 Å². The van der Waals surface area contributed by atoms with Gasteiger partial charge >= 0.3 is 0 Å². The van der Waals surface area contributed by atoms with Gasteiger partial charge in [-0.3, -0.25) is 4.79 Å². The molecule has 0 radical (unpaired) electrons. The predicted molar refractivity (Wildman–Crippen MR) is 60.9 cm³/mol. The maximum Gasteiger partial charge on any atom is 0.235 e. The molecule has 0 heterocycles. The summed E-state index contributed by atoms with van der Waals surface area (Å²) >= 11 is 5.47. The molecule has 1 aromatic rings. The molecule has 0 unspecified atom stereocenters. The van der Waals surface area contributed by atoms with Gasteiger partial charge in [0.2, 0.25) is 5.91 Å². The highest BCUT2D eigenvalue weighted by atomic mass is 35.5. The van der Waals surface area contributed by atoms with E-state index in [9.17, 15) is 4.79 Å². The van der Waals surface area contributed by atoms with Crippen LogP contribution in [0, 0.1) is 11.3 Å². The molecule has 1 aliphatic rings. The monoisotopic (exact) mass is 234 g/mol. The number of nitrogens with zero attached hydrogens (tertiary/aromatic N) is 1. The Morgan fingerprint density at radius 3 is 2.88 bits per heavy atom. The second kappa shape index (κ2) is 4.15. The topological polar surface area (TPSA) is 52.9 Å². The third-order valence-corrected chi connectivity index (χ3v) is 3.04. The fourth-order valence-electron chi connectivity index (χ4n) is 1.80. The van der Waals surface area contributed by atoms with Gasteiger partial charge in [-0.05, 0) is 30.5 Å². The molecule has 82 valence electrons. The van der Waals surface area contributed by atoms with E-state index in [1.807, 2.05) is 18.2 Å². The first-order valence-electron chi connectivity index (χ1n) is 5.08. The van der Waals surface area contributed by atoms with Crippen molar-refractivity contribution >= 4 is 17.5 Å². The molecular weight excluding hydrogens is 224 g/mol. The Labute approximate surface area is 99.0 Å². The molecule has 1 N–H and O–H groups in total. The van der Waals surface area contributed by atoms with Gasteiger partial charge in [0, 0.05) is 0 Å². The van der Waals surface area contributed by atoms with Crippen molar-refractivity contribution in [3.63, 3.8) is 0 Å². The van der Waals surface area contributed by atoms with Crippen molar-refractivity contribution in [3.05, 3.63) is 35.4 Å². The standard InChI is InChI=1S/C12H11ClN2O/c13-7-11(16)15-12(4-5-12)10-3-1-2-9(6-10)8-14/h1-3,6H,4-5,7H2,(H,15,16). The zero-order valence-corrected chi connectivity index (χ0v) is 9.42. The summed E-state index contributed by atoms with van der Waals surface area (Å²) in [5.41, 5.74) is 1.33. The molecule has 1 amide bonds. The summed E-state index contributed by atoms with van der Waals surface area (Å²) < 4.78 is 0. The van der Waals surface area contributed by atoms with Crippen molar-refractivity contribution in [2.75, 3.05) is 5.88 Å². The van der Waals surface area contributed by atoms with Gasteiger partial charge in [-0.15, -0.1) is 11.6 Å². The first kappa shape index (κ1) is 11.0. The summed E-state index contributed by atoms with van der Waals surface area (Å²) in [5.74, 6) is -0.193. The highest BCUT2D eigenvalue weighted by Crippen LogP contribution is 2.45. The Kier molecular flexibility index (Phi) is 2.84. The van der Waals surface area contributed by atoms with E-state index in [0.717, 1.165) is 18.4 Å². The lowest BCUT2D eigenvalue weighted by molar-refractivity contribution is -0.119. The average molecular weight is 235 g/mol. The normalized spacial score (nSPS) is 16.2. The zero-order chi connectivity index (χ0) is 11.6. The van der Waals surface area contributed by atoms with Crippen LogP contribution in [-0.4, -0.2) is 11.8 Å². The molecule has 0 bridgehead atoms. The Hall–Kier alpha value is -1.53. The van der Waals surface area contributed by atoms with Crippen LogP contribution in [0.5, 0.6) is 0 Å². The lowest BCUT2D eigenvalue weighted by atomic mass is 10.0. The lowest BCUT2D eigenvalue weighted by Gasteiger charge is -2.17. The number of rotatable bonds is 3. The van der Waals surface area contributed by atoms with Gasteiger partial charge in [-0.1, -0.05) is 12.1 Å². The zero-order valence-electron chi connectivity index (χ0n) is 8.66. The van der Waals surface area contributed by atoms with Gasteiger partial charge in [-0.25, -0.2) is 0 Å². The number of hydrogen-bond acceptors (Lipinski definition) is 2. The van der Waals surface area contributed by atoms with Crippen LogP contribution >= 0.6 is 11.6 Å². The van der Waals surface area contributed by atoms with Crippen molar-refractivity contribution in [2.45, 2.75) is 18.4 Å². The summed E-state index contributed by atoms with van der Waals surface area (Å²) in [7, 11) is 0. The van der Waals surface area contributed by atoms with Crippen LogP contribution in [-0.2, 0) is 10.3 Å². The molecule has 0 atom stereocenters. The molecule has 4 heteroatoms. The molecule has 0 aliphatic heterocycles. The van der Waals surface area contributed by atoms with Crippen LogP contribution in [0.3, 0.4) is 0 Å². The minimum absolute atomic E-state index is 0.0281. The highest BCUT2D eigenvalue weighted by Gasteiger charge is 2.45. The maximum atomic E-state index is 11.3. The smallest absolute Gasteiger partial charge is 0.235 e. The SMILES string of the molecule is N#Cc1cccc(C2(NC(=O)CCl)CC2)c1. The first-order valence-corrected chi connectivity index (χ1v) is 5.61. The van der Waals surface area contributed by atoms with E-state index < -0.39 is 0 Å². The molecule has 1 saturated carbocycles. The Bertz CT molecular complexity index is 460. The second-order valence-corrected chi connectivity index (χ2v) is 4.22. The highest BCUT2D eigenvalue weighted by molar-refractivity contribution is 6.27. The molecule has 0 aromatic heterocycles. The van der Waals surface area contributed by atoms with Crippen molar-refractivity contribution in [1.29, 1.82) is 5.26 Å². The number of benzene rings is 1. The Morgan fingerprint density at radius 2 is 2.31 bits per heavy atom. The van der Waals surface area contributed by atoms with E-state index in [1.54, 1.807) is 6.07 Å². The van der Waals surface area contributed by atoms with E-state index in [4.69, 9.17) is 16.9 Å². The van der Waals surface area contributed by atoms with Crippen molar-refractivity contribution < 1.29 is 4.79 Å². The van der Waals surface area contributed by atoms with Crippen molar-refractivity contribution in [2.24, 2.45) is 0 Å². The van der Waals surface area contributed by atoms with Crippen molar-refractivity contribution in [1.82, 2.24) is 5.32 Å². The summed E-state index contributed by atoms with van der Waals surface area (Å²) in [4.78, 5) is 11.3. The van der Waals surface area contributed by atoms with Gasteiger partial charge < -0.3 is 5.32 Å². The lowest BCUT2D eigenvalue weighted by Crippen LogP contribution is -2.35. The van der Waals surface area contributed by atoms with Crippen LogP contribution in [0.2, 0.25) is 0 Å². The van der Waals surface area contributed by atoms with Gasteiger partial charge in [0.25, 0.3) is 0 Å². The summed E-state index contributed by atoms with van der Waals surface area (Å²) in [6.07, 6.45) is 1.81. The third-order valence-electron chi connectivity index (χ3n) is 2.79. The number of hydrogen-bond donors (Lipinski definition) is 1. The number of halogens is 1. The van der Waals surface area contributed by atoms with Crippen LogP contribution in [0.15, 0.2) is 24.3 Å². The van der Waals surface area contributed by atoms with Gasteiger partial charge in [-0.2, -0.15) is 5.26 Å². The van der Waals surface area contributed by atoms with Crippen LogP contribution in [0.4, 0.5) is 0 Å². The van der Waals surface area contributed by atoms with E-state index in [2.05, 4.69) is 11.4 Å². The molecule has 1 aromatic carbocycles. The Balaban J connectivity index is 2.23. The number of amides is 1. The Morgan fingerprint density at radius 1 is 1.56 bits per heavy atom. The fraction of sp³-hybridized carbons (Fsp3) is 0.333. The molecular formula is C12H11ClN2O. The molecule has 1 fully saturated rings. The first-order chi connectivity index (χ1) is 7.70. The fourth-order valence-corrected chi connectivity index (χ4v) is 1.86. The number of carbonyl (C=O) groups excluding carboxylic acids is 1. The van der Waals surface area contributed by atoms with Crippen LogP contribution in [0.1, 0.15) is 24.0 Å². The summed E-state index contributed by atoms with van der Waals surface area (Å²) in [6, 6.07) is 9.44. The van der Waals surface area contributed by atoms with E-state index >= 15 is 0 Å². The summed E-state index contributed by atoms with van der Waals surface area (Å²) in [6.45, 7) is 0. The average Bonchev–Trinajstić information content (AvgIpc) is 3.10. The van der Waals surface area contributed by atoms with Gasteiger partial charge in [0.15, 0.2) is 0 Å². The summed E-state index contributed by atoms with van der Waals surface area (Å²) in [5, 5.41) is 11.7. The molecule has 3 nitrogen and oxygen atoms in total. The van der Waals surface area contributed by atoms with E-state index in [1.165, 1.54) is 0 Å². The van der Waals surface area contributed by atoms with Crippen LogP contribution in [0.25, 0.3) is 0 Å².